The number of methoxy groups -OCH3 is 1. The second-order valence-corrected chi connectivity index (χ2v) is 9.00. The molecule has 172 valence electrons. The van der Waals surface area contributed by atoms with Crippen LogP contribution in [0.1, 0.15) is 30.1 Å². The van der Waals surface area contributed by atoms with Gasteiger partial charge in [-0.25, -0.2) is 13.2 Å². The number of sulfonamides is 1. The maximum absolute atomic E-state index is 12.7. The van der Waals surface area contributed by atoms with Gasteiger partial charge in [0.05, 0.1) is 24.2 Å². The molecule has 0 saturated carbocycles. The molecule has 2 aromatic carbocycles. The lowest BCUT2D eigenvalue weighted by atomic mass is 10.2. The molecule has 0 atom stereocenters. The Morgan fingerprint density at radius 1 is 1.06 bits per heavy atom. The van der Waals surface area contributed by atoms with Gasteiger partial charge in [-0.05, 0) is 56.2 Å². The first-order valence-corrected chi connectivity index (χ1v) is 11.7. The van der Waals surface area contributed by atoms with Crippen molar-refractivity contribution in [3.8, 4) is 11.5 Å². The van der Waals surface area contributed by atoms with E-state index in [1.165, 1.54) is 35.7 Å². The molecule has 9 nitrogen and oxygen atoms in total. The van der Waals surface area contributed by atoms with E-state index in [0.29, 0.717) is 36.9 Å². The summed E-state index contributed by atoms with van der Waals surface area (Å²) in [6, 6.07) is 10.6. The summed E-state index contributed by atoms with van der Waals surface area (Å²) in [5, 5.41) is 2.56. The van der Waals surface area contributed by atoms with Gasteiger partial charge < -0.3 is 19.5 Å². The van der Waals surface area contributed by atoms with Crippen LogP contribution in [-0.2, 0) is 19.6 Å². The first kappa shape index (κ1) is 23.6. The highest BCUT2D eigenvalue weighted by molar-refractivity contribution is 7.89. The van der Waals surface area contributed by atoms with Crippen molar-refractivity contribution in [2.24, 2.45) is 0 Å². The maximum atomic E-state index is 12.7. The summed E-state index contributed by atoms with van der Waals surface area (Å²) in [6.07, 6.45) is 1.67. The molecule has 1 N–H and O–H groups in total. The summed E-state index contributed by atoms with van der Waals surface area (Å²) in [7, 11) is -2.11. The molecule has 1 saturated heterocycles. The van der Waals surface area contributed by atoms with Gasteiger partial charge in [0.2, 0.25) is 10.0 Å². The van der Waals surface area contributed by atoms with Crippen LogP contribution in [0.3, 0.4) is 0 Å². The first-order valence-electron chi connectivity index (χ1n) is 10.2. The maximum Gasteiger partial charge on any atom is 0.338 e. The highest BCUT2D eigenvalue weighted by Gasteiger charge is 2.27. The van der Waals surface area contributed by atoms with Crippen molar-refractivity contribution in [3.63, 3.8) is 0 Å². The Morgan fingerprint density at radius 2 is 1.81 bits per heavy atom. The van der Waals surface area contributed by atoms with E-state index in [1.807, 2.05) is 0 Å². The highest BCUT2D eigenvalue weighted by atomic mass is 32.2. The van der Waals surface area contributed by atoms with Crippen LogP contribution in [0.15, 0.2) is 47.4 Å². The van der Waals surface area contributed by atoms with E-state index >= 15 is 0 Å². The molecule has 0 spiro atoms. The van der Waals surface area contributed by atoms with Gasteiger partial charge in [-0.2, -0.15) is 4.31 Å². The van der Waals surface area contributed by atoms with E-state index < -0.39 is 28.5 Å². The fourth-order valence-electron chi connectivity index (χ4n) is 3.30. The number of rotatable bonds is 9. The van der Waals surface area contributed by atoms with Gasteiger partial charge in [0.1, 0.15) is 0 Å². The second-order valence-electron chi connectivity index (χ2n) is 7.06. The Morgan fingerprint density at radius 3 is 2.50 bits per heavy atom. The molecule has 1 amide bonds. The van der Waals surface area contributed by atoms with Crippen molar-refractivity contribution in [1.82, 2.24) is 4.31 Å². The van der Waals surface area contributed by atoms with E-state index in [-0.39, 0.29) is 10.5 Å². The third-order valence-electron chi connectivity index (χ3n) is 4.85. The molecule has 3 rings (SSSR count). The van der Waals surface area contributed by atoms with Gasteiger partial charge in [-0.15, -0.1) is 0 Å². The third-order valence-corrected chi connectivity index (χ3v) is 6.75. The normalized spacial score (nSPS) is 14.1. The molecule has 0 bridgehead atoms. The number of anilines is 1. The van der Waals surface area contributed by atoms with Gasteiger partial charge in [-0.3, -0.25) is 4.79 Å². The molecule has 2 aromatic rings. The van der Waals surface area contributed by atoms with Gasteiger partial charge in [0.25, 0.3) is 5.91 Å². The molecule has 0 aromatic heterocycles. The first-order chi connectivity index (χ1) is 15.3. The number of amides is 1. The minimum absolute atomic E-state index is 0.107. The van der Waals surface area contributed by atoms with Crippen molar-refractivity contribution in [3.05, 3.63) is 48.0 Å². The van der Waals surface area contributed by atoms with Gasteiger partial charge >= 0.3 is 5.97 Å². The zero-order valence-electron chi connectivity index (χ0n) is 18.0. The minimum atomic E-state index is -3.60. The predicted molar refractivity (Wildman–Crippen MR) is 118 cm³/mol. The second kappa shape index (κ2) is 10.5. The quantitative estimate of drug-likeness (QED) is 0.570. The molecule has 32 heavy (non-hydrogen) atoms. The molecule has 0 unspecified atom stereocenters. The number of carbonyl (C=O) groups excluding carboxylic acids is 2. The van der Waals surface area contributed by atoms with E-state index in [4.69, 9.17) is 14.2 Å². The minimum Gasteiger partial charge on any atom is -0.493 e. The van der Waals surface area contributed by atoms with Crippen LogP contribution < -0.4 is 14.8 Å². The van der Waals surface area contributed by atoms with E-state index in [9.17, 15) is 18.0 Å². The van der Waals surface area contributed by atoms with Crippen LogP contribution in [0.25, 0.3) is 0 Å². The Labute approximate surface area is 187 Å². The molecule has 1 aliphatic rings. The number of hydrogen-bond donors (Lipinski definition) is 1. The molecule has 1 aliphatic heterocycles. The fraction of sp³-hybridized carbons (Fsp3) is 0.364. The number of esters is 1. The molecule has 0 radical (unpaired) electrons. The number of carbonyl (C=O) groups is 2. The third kappa shape index (κ3) is 5.57. The molecular formula is C22H26N2O7S. The molecule has 10 heteroatoms. The molecule has 1 fully saturated rings. The summed E-state index contributed by atoms with van der Waals surface area (Å²) < 4.78 is 42.5. The lowest BCUT2D eigenvalue weighted by Gasteiger charge is -2.16. The van der Waals surface area contributed by atoms with Gasteiger partial charge in [0.15, 0.2) is 18.1 Å². The van der Waals surface area contributed by atoms with Crippen LogP contribution in [0.5, 0.6) is 11.5 Å². The van der Waals surface area contributed by atoms with Crippen molar-refractivity contribution in [1.29, 1.82) is 0 Å². The smallest absolute Gasteiger partial charge is 0.338 e. The van der Waals surface area contributed by atoms with Gasteiger partial charge in [0, 0.05) is 18.8 Å². The van der Waals surface area contributed by atoms with Gasteiger partial charge in [-0.1, -0.05) is 6.07 Å². The summed E-state index contributed by atoms with van der Waals surface area (Å²) in [4.78, 5) is 24.7. The lowest BCUT2D eigenvalue weighted by Crippen LogP contribution is -2.28. The van der Waals surface area contributed by atoms with Crippen LogP contribution in [-0.4, -0.2) is 58.0 Å². The SMILES string of the molecule is CCOc1cc(C(=O)OCC(=O)Nc2cccc(S(=O)(=O)N3CCCC3)c2)ccc1OC. The van der Waals surface area contributed by atoms with E-state index in [2.05, 4.69) is 5.32 Å². The van der Waals surface area contributed by atoms with Crippen molar-refractivity contribution in [2.75, 3.05) is 38.7 Å². The monoisotopic (exact) mass is 462 g/mol. The zero-order valence-corrected chi connectivity index (χ0v) is 18.8. The number of nitrogens with zero attached hydrogens (tertiary/aromatic N) is 1. The largest absolute Gasteiger partial charge is 0.493 e. The fourth-order valence-corrected chi connectivity index (χ4v) is 4.86. The number of nitrogens with one attached hydrogen (secondary N) is 1. The molecule has 0 aliphatic carbocycles. The van der Waals surface area contributed by atoms with E-state index in [0.717, 1.165) is 12.8 Å². The molecule has 1 heterocycles. The van der Waals surface area contributed by atoms with Crippen LogP contribution >= 0.6 is 0 Å². The summed E-state index contributed by atoms with van der Waals surface area (Å²) in [5.41, 5.74) is 0.509. The average Bonchev–Trinajstić information content (AvgIpc) is 3.34. The summed E-state index contributed by atoms with van der Waals surface area (Å²) in [6.45, 7) is 2.65. The number of ether oxygens (including phenoxy) is 3. The summed E-state index contributed by atoms with van der Waals surface area (Å²) in [5.74, 6) is -0.420. The van der Waals surface area contributed by atoms with E-state index in [1.54, 1.807) is 25.1 Å². The lowest BCUT2D eigenvalue weighted by molar-refractivity contribution is -0.119. The van der Waals surface area contributed by atoms with Crippen molar-refractivity contribution in [2.45, 2.75) is 24.7 Å². The Hall–Kier alpha value is -3.11. The van der Waals surface area contributed by atoms with Crippen molar-refractivity contribution >= 4 is 27.6 Å². The number of hydrogen-bond acceptors (Lipinski definition) is 7. The number of benzene rings is 2. The Bertz CT molecular complexity index is 1080. The predicted octanol–water partition coefficient (Wildman–Crippen LogP) is 2.67. The Kier molecular flexibility index (Phi) is 7.70. The van der Waals surface area contributed by atoms with Crippen molar-refractivity contribution < 1.29 is 32.2 Å². The Balaban J connectivity index is 1.60. The average molecular weight is 463 g/mol. The topological polar surface area (TPSA) is 111 Å². The van der Waals surface area contributed by atoms with Crippen LogP contribution in [0, 0.1) is 0 Å². The van der Waals surface area contributed by atoms with Crippen LogP contribution in [0.2, 0.25) is 0 Å². The standard InChI is InChI=1S/C22H26N2O7S/c1-3-30-20-13-16(9-10-19(20)29-2)22(26)31-15-21(25)23-17-7-6-8-18(14-17)32(27,28)24-11-4-5-12-24/h6-10,13-14H,3-5,11-12,15H2,1-2H3,(H,23,25). The molecular weight excluding hydrogens is 436 g/mol. The zero-order chi connectivity index (χ0) is 23.1. The highest BCUT2D eigenvalue weighted by Crippen LogP contribution is 2.28. The van der Waals surface area contributed by atoms with Crippen LogP contribution in [0.4, 0.5) is 5.69 Å². The summed E-state index contributed by atoms with van der Waals surface area (Å²) >= 11 is 0.